The van der Waals surface area contributed by atoms with Crippen LogP contribution in [0.4, 0.5) is 13.2 Å². The number of aromatic nitrogens is 4. The maximum absolute atomic E-state index is 10.7. The summed E-state index contributed by atoms with van der Waals surface area (Å²) in [4.78, 5) is 17.8. The minimum Gasteiger partial charge on any atom is -0.741 e. The number of hydrogen-bond acceptors (Lipinski definition) is 13. The number of aliphatic hydroxyl groups is 2. The molecule has 0 fully saturated rings. The monoisotopic (exact) mass is 1900 g/mol. The normalized spacial score (nSPS) is 13.9. The molecule has 2 N–H and O–H groups in total. The molecule has 0 aliphatic heterocycles. The summed E-state index contributed by atoms with van der Waals surface area (Å²) in [6, 6.07) is 68.9. The van der Waals surface area contributed by atoms with Crippen LogP contribution in [-0.4, -0.2) is 62.8 Å². The molecule has 13 nitrogen and oxygen atoms in total. The fourth-order valence-electron chi connectivity index (χ4n) is 12.2. The molecule has 588 valence electrons. The second-order valence-corrected chi connectivity index (χ2v) is 31.2. The third-order valence-corrected chi connectivity index (χ3v) is 17.0. The average molecular weight is 1900 g/mol. The molecule has 0 spiro atoms. The third-order valence-electron chi connectivity index (χ3n) is 16.4. The Labute approximate surface area is 697 Å². The van der Waals surface area contributed by atoms with Crippen LogP contribution >= 0.6 is 0 Å². The minimum absolute atomic E-state index is 0. The number of aliphatic hydroxyl groups excluding tert-OH is 2. The van der Waals surface area contributed by atoms with E-state index in [9.17, 15) is 13.2 Å². The van der Waals surface area contributed by atoms with Gasteiger partial charge in [0, 0.05) is 139 Å². The maximum Gasteiger partial charge on any atom is 0.485 e. The molecule has 19 heteroatoms. The molecular weight excluding hydrogens is 1790 g/mol. The van der Waals surface area contributed by atoms with Gasteiger partial charge in [-0.2, -0.15) is 13.2 Å². The van der Waals surface area contributed by atoms with Gasteiger partial charge in [-0.25, -0.2) is 8.42 Å². The number of furan rings is 4. The average Bonchev–Trinajstić information content (AvgIpc) is 1.57. The standard InChI is InChI=1S/C29H25NO2.C29H24NO2.2C16H18N.CHF3O3S.2CH4O.2Ir/c2*1-17-16-30-22(14-18(17)15-29(2,3)4)19-9-7-10-21-27-25(32-28(19)21)13-12-24-26(27)20-8-5-6-11-23(20)31-24;2*1-16(2,3)11-13-9-10-15(17-12-13)14-7-5-4-6-8-14;2-1(3,4)8(5,6)7;2*1-2;;/h5-14,16H,15H2,1-4H3;5-8,10-14,16H,15H2,1-4H3;2*4-7,9-10,12H,11H2,1-3H3;(H,5,6,7);2*2H,1H3;;/q;3*-1;;;;;/p-1/i2*1D3,15D2;11D2;;;;;;. The summed E-state index contributed by atoms with van der Waals surface area (Å²) in [5.41, 5.74) is 5.90. The summed E-state index contributed by atoms with van der Waals surface area (Å²) >= 11 is 0. The Kier molecular flexibility index (Phi) is 23.6. The van der Waals surface area contributed by atoms with Crippen molar-refractivity contribution in [2.75, 3.05) is 14.2 Å². The van der Waals surface area contributed by atoms with Crippen LogP contribution in [0.5, 0.6) is 0 Å². The van der Waals surface area contributed by atoms with Crippen molar-refractivity contribution in [2.45, 2.75) is 128 Å². The molecule has 16 aromatic rings. The molecule has 8 aromatic heterocycles. The molecular formula is C93H93F3Ir2N4O9S-4. The fraction of sp³-hybridized carbons (Fsp3) is 0.269. The summed E-state index contributed by atoms with van der Waals surface area (Å²) in [6.45, 7) is 17.9. The Hall–Kier alpha value is -9.52. The first-order chi connectivity index (χ1) is 56.9. The Morgan fingerprint density at radius 1 is 0.420 bits per heavy atom. The van der Waals surface area contributed by atoms with Gasteiger partial charge in [0.2, 0.25) is 0 Å². The number of alkyl halides is 3. The molecule has 0 unspecified atom stereocenters. The van der Waals surface area contributed by atoms with Crippen LogP contribution in [-0.2, 0) is 75.9 Å². The number of aryl methyl sites for hydroxylation is 2. The number of hydrogen-bond donors (Lipinski definition) is 2. The first-order valence-corrected chi connectivity index (χ1v) is 36.5. The zero-order chi connectivity index (χ0) is 90.1. The molecule has 0 saturated carbocycles. The van der Waals surface area contributed by atoms with Crippen LogP contribution < -0.4 is 0 Å². The van der Waals surface area contributed by atoms with E-state index in [0.29, 0.717) is 55.8 Å². The molecule has 0 amide bonds. The van der Waals surface area contributed by atoms with Gasteiger partial charge >= 0.3 is 5.51 Å². The summed E-state index contributed by atoms with van der Waals surface area (Å²) in [6.07, 6.45) is 1.94. The largest absolute Gasteiger partial charge is 0.741 e. The van der Waals surface area contributed by atoms with Gasteiger partial charge in [-0.05, 0) is 154 Å². The summed E-state index contributed by atoms with van der Waals surface area (Å²) < 4.78 is 184. The van der Waals surface area contributed by atoms with E-state index < -0.39 is 64.7 Å². The number of nitrogens with zero attached hydrogens (tertiary/aromatic N) is 4. The zero-order valence-corrected chi connectivity index (χ0v) is 69.8. The van der Waals surface area contributed by atoms with Gasteiger partial charge in [-0.3, -0.25) is 4.98 Å². The van der Waals surface area contributed by atoms with E-state index in [1.54, 1.807) is 59.9 Å². The Morgan fingerprint density at radius 3 is 1.25 bits per heavy atom. The molecule has 112 heavy (non-hydrogen) atoms. The van der Waals surface area contributed by atoms with Gasteiger partial charge < -0.3 is 47.4 Å². The topological polar surface area (TPSA) is 202 Å². The van der Waals surface area contributed by atoms with Crippen LogP contribution in [0.1, 0.15) is 133 Å². The van der Waals surface area contributed by atoms with E-state index in [-0.39, 0.29) is 62.5 Å². The molecule has 8 aromatic carbocycles. The molecule has 0 saturated heterocycles. The number of rotatable bonds is 8. The fourth-order valence-corrected chi connectivity index (χ4v) is 12.2. The first kappa shape index (κ1) is 71.5. The minimum atomic E-state index is -6.09. The quantitative estimate of drug-likeness (QED) is 0.0827. The van der Waals surface area contributed by atoms with Crippen molar-refractivity contribution in [3.8, 4) is 45.0 Å². The first-order valence-electron chi connectivity index (χ1n) is 41.1. The molecule has 0 bridgehead atoms. The van der Waals surface area contributed by atoms with Crippen molar-refractivity contribution >= 4 is 97.9 Å². The van der Waals surface area contributed by atoms with Crippen molar-refractivity contribution in [1.29, 1.82) is 0 Å². The third kappa shape index (κ3) is 21.8. The Bertz CT molecular complexity index is 6230. The SMILES string of the molecule is CC(C)(C)Cc1ccc(-c2[c-]cccc2)nc1.CO.CO.O=S(=O)([O-])C(F)(F)F.[2H]C([2H])([2H])c1cnc(-c2[c-]ccc3c2oc2ccc4oc5ccccc5c4c23)cc1C([2H])([2H])C(C)(C)C.[2H]C([2H])([2H])c1cnc(-c2cccc3c2oc2ccc4oc5ccccc5c4c23)cc1C([2H])([2H])C(C)(C)C.[2H]C([2H])(c1ccc(-c2[c-]cccc2)nc1)C(C)(C)C.[Ir].[Ir]. The molecule has 0 atom stereocenters. The maximum atomic E-state index is 10.7. The van der Waals surface area contributed by atoms with Crippen molar-refractivity contribution in [3.05, 3.63) is 264 Å². The van der Waals surface area contributed by atoms with E-state index in [2.05, 4.69) is 71.0 Å². The van der Waals surface area contributed by atoms with Crippen molar-refractivity contribution < 1.29 is 111 Å². The van der Waals surface area contributed by atoms with Gasteiger partial charge in [0.25, 0.3) is 0 Å². The van der Waals surface area contributed by atoms with Crippen molar-refractivity contribution in [3.63, 3.8) is 0 Å². The van der Waals surface area contributed by atoms with E-state index in [1.165, 1.54) is 24.0 Å². The van der Waals surface area contributed by atoms with Gasteiger partial charge in [0.1, 0.15) is 39.1 Å². The molecule has 8 heterocycles. The Balaban J connectivity index is 0.000000204. The Morgan fingerprint density at radius 2 is 0.821 bits per heavy atom. The van der Waals surface area contributed by atoms with Crippen LogP contribution in [0.2, 0.25) is 0 Å². The zero-order valence-electron chi connectivity index (χ0n) is 76.2. The predicted octanol–water partition coefficient (Wildman–Crippen LogP) is 24.2. The smallest absolute Gasteiger partial charge is 0.485 e. The van der Waals surface area contributed by atoms with Gasteiger partial charge in [-0.15, -0.1) is 90.0 Å². The van der Waals surface area contributed by atoms with Crippen molar-refractivity contribution in [2.24, 2.45) is 21.7 Å². The summed E-state index contributed by atoms with van der Waals surface area (Å²) in [5.74, 6) is 0. The van der Waals surface area contributed by atoms with Crippen LogP contribution in [0.25, 0.3) is 133 Å². The van der Waals surface area contributed by atoms with E-state index >= 15 is 0 Å². The number of para-hydroxylation sites is 3. The summed E-state index contributed by atoms with van der Waals surface area (Å²) in [5, 5.41) is 21.5. The van der Waals surface area contributed by atoms with Crippen LogP contribution in [0.15, 0.2) is 231 Å². The number of pyridine rings is 4. The number of fused-ring (bicyclic) bond motifs is 14. The second kappa shape index (κ2) is 37.0. The predicted molar refractivity (Wildman–Crippen MR) is 438 cm³/mol. The van der Waals surface area contributed by atoms with Gasteiger partial charge in [0.15, 0.2) is 10.1 Å². The van der Waals surface area contributed by atoms with Crippen LogP contribution in [0, 0.1) is 53.6 Å². The van der Waals surface area contributed by atoms with Crippen molar-refractivity contribution in [1.82, 2.24) is 19.9 Å². The van der Waals surface area contributed by atoms with E-state index in [0.717, 1.165) is 109 Å². The van der Waals surface area contributed by atoms with Gasteiger partial charge in [0.05, 0.1) is 11.3 Å². The molecule has 0 aliphatic rings. The van der Waals surface area contributed by atoms with Crippen LogP contribution in [0.3, 0.4) is 0 Å². The van der Waals surface area contributed by atoms with Gasteiger partial charge in [-0.1, -0.05) is 178 Å². The molecule has 2 radical (unpaired) electrons. The van der Waals surface area contributed by atoms with E-state index in [4.69, 9.17) is 57.3 Å². The number of halogens is 3. The van der Waals surface area contributed by atoms with E-state index in [1.807, 2.05) is 185 Å². The summed E-state index contributed by atoms with van der Waals surface area (Å²) in [7, 11) is -4.09. The number of benzene rings is 8. The molecule has 0 aliphatic carbocycles. The molecule has 16 rings (SSSR count). The second-order valence-electron chi connectivity index (χ2n) is 29.8.